The molecule has 0 aromatic heterocycles. The molecule has 4 aromatic carbocycles. The van der Waals surface area contributed by atoms with Crippen molar-refractivity contribution >= 4 is 29.2 Å². The van der Waals surface area contributed by atoms with Gasteiger partial charge in [-0.2, -0.15) is 0 Å². The summed E-state index contributed by atoms with van der Waals surface area (Å²) in [5.41, 5.74) is 1.42. The van der Waals surface area contributed by atoms with Gasteiger partial charge in [0.05, 0.1) is 0 Å². The quantitative estimate of drug-likeness (QED) is 0.468. The van der Waals surface area contributed by atoms with Gasteiger partial charge in [-0.3, -0.25) is 0 Å². The van der Waals surface area contributed by atoms with Crippen molar-refractivity contribution in [3.63, 3.8) is 0 Å². The van der Waals surface area contributed by atoms with E-state index in [2.05, 4.69) is 110 Å². The van der Waals surface area contributed by atoms with Crippen molar-refractivity contribution in [2.75, 3.05) is 0 Å². The molecule has 0 saturated heterocycles. The summed E-state index contributed by atoms with van der Waals surface area (Å²) in [6, 6.07) is 38.7. The Morgan fingerprint density at radius 1 is 0.600 bits per heavy atom. The van der Waals surface area contributed by atoms with E-state index in [0.717, 1.165) is 6.04 Å². The zero-order chi connectivity index (χ0) is 17.1. The van der Waals surface area contributed by atoms with Gasteiger partial charge in [0.15, 0.2) is 0 Å². The van der Waals surface area contributed by atoms with Gasteiger partial charge in [-0.25, -0.2) is 0 Å². The van der Waals surface area contributed by atoms with Crippen LogP contribution in [0.25, 0.3) is 10.8 Å². The first-order valence-electron chi connectivity index (χ1n) is 8.85. The van der Waals surface area contributed by atoms with Gasteiger partial charge in [0, 0.05) is 0 Å². The third-order valence-electron chi connectivity index (χ3n) is 5.20. The fourth-order valence-corrected chi connectivity index (χ4v) is 7.84. The predicted octanol–water partition coefficient (Wildman–Crippen LogP) is 4.81. The lowest BCUT2D eigenvalue weighted by molar-refractivity contribution is 1.34. The van der Waals surface area contributed by atoms with E-state index in [4.69, 9.17) is 0 Å². The third-order valence-corrected chi connectivity index (χ3v) is 9.54. The van der Waals surface area contributed by atoms with Gasteiger partial charge in [-0.05, 0) is 22.0 Å². The van der Waals surface area contributed by atoms with Crippen LogP contribution in [-0.2, 0) is 6.04 Å². The van der Waals surface area contributed by atoms with Crippen molar-refractivity contribution < 1.29 is 0 Å². The minimum absolute atomic E-state index is 1.12. The predicted molar refractivity (Wildman–Crippen MR) is 111 cm³/mol. The molecule has 4 aromatic rings. The second kappa shape index (κ2) is 6.70. The van der Waals surface area contributed by atoms with Crippen LogP contribution in [0, 0.1) is 0 Å². The molecular weight excluding hydrogens is 316 g/mol. The Hall–Kier alpha value is -2.64. The molecule has 25 heavy (non-hydrogen) atoms. The first kappa shape index (κ1) is 15.9. The first-order valence-corrected chi connectivity index (χ1v) is 11.6. The molecule has 4 rings (SSSR count). The van der Waals surface area contributed by atoms with E-state index in [0.29, 0.717) is 0 Å². The van der Waals surface area contributed by atoms with Gasteiger partial charge in [0.25, 0.3) is 0 Å². The minimum atomic E-state index is -1.91. The highest BCUT2D eigenvalue weighted by atomic mass is 28.3. The van der Waals surface area contributed by atoms with Crippen molar-refractivity contribution in [3.8, 4) is 0 Å². The van der Waals surface area contributed by atoms with Crippen LogP contribution in [0.2, 0.25) is 6.55 Å². The van der Waals surface area contributed by atoms with Crippen molar-refractivity contribution in [1.29, 1.82) is 0 Å². The summed E-state index contributed by atoms with van der Waals surface area (Å²) in [6.45, 7) is 2.51. The maximum Gasteiger partial charge on any atom is 0.120 e. The van der Waals surface area contributed by atoms with E-state index in [1.54, 1.807) is 0 Å². The van der Waals surface area contributed by atoms with E-state index in [-0.39, 0.29) is 0 Å². The van der Waals surface area contributed by atoms with Crippen molar-refractivity contribution in [2.24, 2.45) is 0 Å². The summed E-state index contributed by atoms with van der Waals surface area (Å²) >= 11 is 0. The van der Waals surface area contributed by atoms with Crippen molar-refractivity contribution in [2.45, 2.75) is 12.6 Å². The zero-order valence-electron chi connectivity index (χ0n) is 14.5. The second-order valence-electron chi connectivity index (χ2n) is 6.89. The van der Waals surface area contributed by atoms with E-state index in [1.807, 2.05) is 0 Å². The van der Waals surface area contributed by atoms with Gasteiger partial charge in [-0.15, -0.1) is 0 Å². The number of hydrogen-bond donors (Lipinski definition) is 0. The Morgan fingerprint density at radius 2 is 1.20 bits per heavy atom. The highest BCUT2D eigenvalue weighted by Gasteiger charge is 2.33. The lowest BCUT2D eigenvalue weighted by Gasteiger charge is -2.30. The molecule has 0 heterocycles. The van der Waals surface area contributed by atoms with E-state index in [9.17, 15) is 0 Å². The van der Waals surface area contributed by atoms with Gasteiger partial charge >= 0.3 is 0 Å². The van der Waals surface area contributed by atoms with Crippen molar-refractivity contribution in [1.82, 2.24) is 0 Å². The van der Waals surface area contributed by atoms with E-state index >= 15 is 0 Å². The third kappa shape index (κ3) is 3.03. The molecule has 0 saturated carbocycles. The SMILES string of the molecule is C[Si@](Cc1ccccc1)(c1ccccc1)c1cccc2ccccc12. The Bertz CT molecular complexity index is 971. The van der Waals surface area contributed by atoms with Crippen LogP contribution in [0.1, 0.15) is 5.56 Å². The van der Waals surface area contributed by atoms with E-state index in [1.165, 1.54) is 26.7 Å². The normalized spacial score (nSPS) is 13.5. The molecule has 0 amide bonds. The molecule has 0 aliphatic carbocycles. The molecule has 0 aliphatic rings. The van der Waals surface area contributed by atoms with Crippen LogP contribution in [0.3, 0.4) is 0 Å². The Balaban J connectivity index is 1.94. The largest absolute Gasteiger partial charge is 0.120 e. The molecule has 0 aliphatic heterocycles. The van der Waals surface area contributed by atoms with Crippen LogP contribution in [-0.4, -0.2) is 8.07 Å². The van der Waals surface area contributed by atoms with Crippen LogP contribution in [0.15, 0.2) is 103 Å². The molecule has 0 radical (unpaired) electrons. The highest BCUT2D eigenvalue weighted by Crippen LogP contribution is 2.19. The summed E-state index contributed by atoms with van der Waals surface area (Å²) in [4.78, 5) is 0. The lowest BCUT2D eigenvalue weighted by atomic mass is 10.1. The summed E-state index contributed by atoms with van der Waals surface area (Å²) in [5, 5.41) is 5.76. The van der Waals surface area contributed by atoms with Crippen LogP contribution in [0.5, 0.6) is 0 Å². The Kier molecular flexibility index (Phi) is 4.25. The molecule has 0 N–H and O–H groups in total. The van der Waals surface area contributed by atoms with Gasteiger partial charge < -0.3 is 0 Å². The smallest absolute Gasteiger partial charge is 0.0626 e. The molecular formula is C24H22Si. The van der Waals surface area contributed by atoms with Gasteiger partial charge in [0.2, 0.25) is 0 Å². The molecule has 0 spiro atoms. The number of fused-ring (bicyclic) bond motifs is 1. The Labute approximate surface area is 150 Å². The topological polar surface area (TPSA) is 0 Å². The molecule has 0 unspecified atom stereocenters. The molecule has 0 nitrogen and oxygen atoms in total. The number of rotatable bonds is 4. The fraction of sp³-hybridized carbons (Fsp3) is 0.0833. The highest BCUT2D eigenvalue weighted by molar-refractivity contribution is 7.02. The summed E-state index contributed by atoms with van der Waals surface area (Å²) in [6.07, 6.45) is 0. The van der Waals surface area contributed by atoms with Crippen LogP contribution < -0.4 is 10.4 Å². The maximum atomic E-state index is 2.51. The maximum absolute atomic E-state index is 2.51. The minimum Gasteiger partial charge on any atom is -0.0626 e. The summed E-state index contributed by atoms with van der Waals surface area (Å²) < 4.78 is 0. The standard InChI is InChI=1S/C24H22Si/c1-25(22-15-6-3-7-16-22,19-20-11-4-2-5-12-20)24-18-10-14-21-13-8-9-17-23(21)24/h2-18H,19H2,1H3/t25-/m0/s1. The van der Waals surface area contributed by atoms with Gasteiger partial charge in [-0.1, -0.05) is 120 Å². The first-order chi connectivity index (χ1) is 12.3. The monoisotopic (exact) mass is 338 g/mol. The molecule has 122 valence electrons. The average molecular weight is 339 g/mol. The summed E-state index contributed by atoms with van der Waals surface area (Å²) in [7, 11) is -1.91. The van der Waals surface area contributed by atoms with Crippen molar-refractivity contribution in [3.05, 3.63) is 109 Å². The molecule has 0 bridgehead atoms. The molecule has 0 fully saturated rings. The second-order valence-corrected chi connectivity index (χ2v) is 11.0. The lowest BCUT2D eigenvalue weighted by Crippen LogP contribution is -2.58. The molecule has 1 atom stereocenters. The summed E-state index contributed by atoms with van der Waals surface area (Å²) in [5.74, 6) is 0. The average Bonchev–Trinajstić information content (AvgIpc) is 2.69. The number of hydrogen-bond acceptors (Lipinski definition) is 0. The van der Waals surface area contributed by atoms with Crippen LogP contribution >= 0.6 is 0 Å². The molecule has 1 heteroatoms. The van der Waals surface area contributed by atoms with Crippen LogP contribution in [0.4, 0.5) is 0 Å². The Morgan fingerprint density at radius 3 is 1.96 bits per heavy atom. The fourth-order valence-electron chi connectivity index (χ4n) is 3.87. The number of benzene rings is 4. The van der Waals surface area contributed by atoms with E-state index < -0.39 is 8.07 Å². The van der Waals surface area contributed by atoms with Gasteiger partial charge in [0.1, 0.15) is 8.07 Å². The zero-order valence-corrected chi connectivity index (χ0v) is 15.5.